The molecule has 0 aliphatic heterocycles. The summed E-state index contributed by atoms with van der Waals surface area (Å²) in [5.74, 6) is 2.38. The first-order valence-corrected chi connectivity index (χ1v) is 7.75. The molecule has 0 saturated heterocycles. The van der Waals surface area contributed by atoms with E-state index < -0.39 is 0 Å². The van der Waals surface area contributed by atoms with Gasteiger partial charge in [-0.05, 0) is 18.4 Å². The second-order valence-corrected chi connectivity index (χ2v) is 5.67. The highest BCUT2D eigenvalue weighted by molar-refractivity contribution is 7.98. The molecule has 0 aliphatic carbocycles. The van der Waals surface area contributed by atoms with Gasteiger partial charge in [-0.25, -0.2) is 9.97 Å². The number of nitrogens with two attached hydrogens (primary N) is 1. The van der Waals surface area contributed by atoms with Gasteiger partial charge in [0.2, 0.25) is 0 Å². The van der Waals surface area contributed by atoms with E-state index in [1.807, 2.05) is 18.0 Å². The molecule has 1 aromatic heterocycles. The van der Waals surface area contributed by atoms with Gasteiger partial charge in [0, 0.05) is 26.1 Å². The molecule has 0 atom stereocenters. The average Bonchev–Trinajstić information content (AvgIpc) is 2.38. The van der Waals surface area contributed by atoms with E-state index in [4.69, 9.17) is 5.73 Å². The number of thioether (sulfide) groups is 1. The van der Waals surface area contributed by atoms with Crippen molar-refractivity contribution in [3.8, 4) is 0 Å². The van der Waals surface area contributed by atoms with Gasteiger partial charge in [-0.3, -0.25) is 0 Å². The molecule has 1 aromatic rings. The maximum Gasteiger partial charge on any atom is 0.131 e. The molecule has 0 amide bonds. The first kappa shape index (κ1) is 15.2. The molecule has 102 valence electrons. The Hall–Kier alpha value is -0.810. The Labute approximate surface area is 114 Å². The lowest BCUT2D eigenvalue weighted by Crippen LogP contribution is -2.23. The molecule has 0 aromatic carbocycles. The number of anilines is 1. The van der Waals surface area contributed by atoms with Gasteiger partial charge < -0.3 is 10.6 Å². The largest absolute Gasteiger partial charge is 0.372 e. The van der Waals surface area contributed by atoms with E-state index in [9.17, 15) is 0 Å². The van der Waals surface area contributed by atoms with Crippen LogP contribution in [0.15, 0.2) is 6.20 Å². The number of hydrogen-bond acceptors (Lipinski definition) is 5. The van der Waals surface area contributed by atoms with Crippen LogP contribution in [0.1, 0.15) is 37.7 Å². The molecule has 0 bridgehead atoms. The van der Waals surface area contributed by atoms with Crippen molar-refractivity contribution in [2.45, 2.75) is 32.7 Å². The molecule has 0 aliphatic rings. The zero-order valence-corrected chi connectivity index (χ0v) is 12.6. The Balaban J connectivity index is 2.81. The van der Waals surface area contributed by atoms with Crippen molar-refractivity contribution >= 4 is 17.4 Å². The minimum Gasteiger partial charge on any atom is -0.372 e. The molecule has 18 heavy (non-hydrogen) atoms. The third kappa shape index (κ3) is 4.14. The monoisotopic (exact) mass is 268 g/mol. The van der Waals surface area contributed by atoms with Crippen LogP contribution >= 0.6 is 11.8 Å². The second-order valence-electron chi connectivity index (χ2n) is 4.69. The summed E-state index contributed by atoms with van der Waals surface area (Å²) < 4.78 is 0. The van der Waals surface area contributed by atoms with Crippen LogP contribution in [0.3, 0.4) is 0 Å². The highest BCUT2D eigenvalue weighted by Crippen LogP contribution is 2.19. The maximum atomic E-state index is 5.79. The number of hydrogen-bond donors (Lipinski definition) is 1. The van der Waals surface area contributed by atoms with E-state index in [0.717, 1.165) is 30.2 Å². The van der Waals surface area contributed by atoms with E-state index in [2.05, 4.69) is 42.0 Å². The van der Waals surface area contributed by atoms with Crippen LogP contribution < -0.4 is 10.6 Å². The fourth-order valence-corrected chi connectivity index (χ4v) is 2.16. The molecule has 1 rings (SSSR count). The van der Waals surface area contributed by atoms with Crippen LogP contribution in [0.5, 0.6) is 0 Å². The lowest BCUT2D eigenvalue weighted by molar-refractivity contribution is 0.746. The summed E-state index contributed by atoms with van der Waals surface area (Å²) in [5, 5.41) is 0. The zero-order valence-electron chi connectivity index (χ0n) is 11.8. The maximum absolute atomic E-state index is 5.79. The van der Waals surface area contributed by atoms with Crippen LogP contribution in [0, 0.1) is 0 Å². The standard InChI is InChI=1S/C13H24N4S/c1-10(2)13-15-9-12(11(8-14)16-13)17(3)6-5-7-18-4/h9-10H,5-8,14H2,1-4H3. The fourth-order valence-electron chi connectivity index (χ4n) is 1.74. The first-order chi connectivity index (χ1) is 8.60. The summed E-state index contributed by atoms with van der Waals surface area (Å²) in [5.41, 5.74) is 7.79. The molecule has 0 fully saturated rings. The predicted octanol–water partition coefficient (Wildman–Crippen LogP) is 2.25. The SMILES string of the molecule is CSCCCN(C)c1cnc(C(C)C)nc1CN. The summed E-state index contributed by atoms with van der Waals surface area (Å²) in [6.07, 6.45) is 5.20. The van der Waals surface area contributed by atoms with Gasteiger partial charge in [-0.1, -0.05) is 13.8 Å². The van der Waals surface area contributed by atoms with Crippen LogP contribution in [0.25, 0.3) is 0 Å². The number of aromatic nitrogens is 2. The van der Waals surface area contributed by atoms with Crippen LogP contribution in [-0.4, -0.2) is 35.6 Å². The van der Waals surface area contributed by atoms with Gasteiger partial charge >= 0.3 is 0 Å². The fraction of sp³-hybridized carbons (Fsp3) is 0.692. The van der Waals surface area contributed by atoms with Crippen molar-refractivity contribution in [3.63, 3.8) is 0 Å². The molecule has 5 heteroatoms. The first-order valence-electron chi connectivity index (χ1n) is 6.36. The van der Waals surface area contributed by atoms with E-state index in [1.165, 1.54) is 5.75 Å². The Morgan fingerprint density at radius 3 is 2.72 bits per heavy atom. The van der Waals surface area contributed by atoms with Gasteiger partial charge in [0.05, 0.1) is 17.6 Å². The Morgan fingerprint density at radius 2 is 2.17 bits per heavy atom. The predicted molar refractivity (Wildman–Crippen MR) is 80.3 cm³/mol. The minimum atomic E-state index is 0.339. The number of rotatable bonds is 7. The zero-order chi connectivity index (χ0) is 13.5. The number of nitrogens with zero attached hydrogens (tertiary/aromatic N) is 3. The summed E-state index contributed by atoms with van der Waals surface area (Å²) >= 11 is 1.87. The topological polar surface area (TPSA) is 55.0 Å². The summed E-state index contributed by atoms with van der Waals surface area (Å²) in [6, 6.07) is 0. The highest BCUT2D eigenvalue weighted by Gasteiger charge is 2.11. The Kier molecular flexibility index (Phi) is 6.43. The molecule has 0 spiro atoms. The highest BCUT2D eigenvalue weighted by atomic mass is 32.2. The van der Waals surface area contributed by atoms with Crippen LogP contribution in [0.4, 0.5) is 5.69 Å². The van der Waals surface area contributed by atoms with Crippen molar-refractivity contribution in [1.29, 1.82) is 0 Å². The van der Waals surface area contributed by atoms with E-state index in [0.29, 0.717) is 12.5 Å². The van der Waals surface area contributed by atoms with Gasteiger partial charge in [-0.2, -0.15) is 11.8 Å². The minimum absolute atomic E-state index is 0.339. The Bertz CT molecular complexity index is 368. The summed E-state index contributed by atoms with van der Waals surface area (Å²) in [7, 11) is 2.08. The molecule has 4 nitrogen and oxygen atoms in total. The van der Waals surface area contributed by atoms with Crippen molar-refractivity contribution in [1.82, 2.24) is 9.97 Å². The Morgan fingerprint density at radius 1 is 1.44 bits per heavy atom. The van der Waals surface area contributed by atoms with Gasteiger partial charge in [0.15, 0.2) is 0 Å². The summed E-state index contributed by atoms with van der Waals surface area (Å²) in [4.78, 5) is 11.2. The smallest absolute Gasteiger partial charge is 0.131 e. The molecule has 0 saturated carbocycles. The van der Waals surface area contributed by atoms with Crippen molar-refractivity contribution in [2.24, 2.45) is 5.73 Å². The van der Waals surface area contributed by atoms with Crippen molar-refractivity contribution < 1.29 is 0 Å². The third-order valence-electron chi connectivity index (χ3n) is 2.83. The quantitative estimate of drug-likeness (QED) is 0.769. The molecule has 1 heterocycles. The van der Waals surface area contributed by atoms with E-state index in [1.54, 1.807) is 0 Å². The normalized spacial score (nSPS) is 11.0. The third-order valence-corrected chi connectivity index (χ3v) is 3.52. The van der Waals surface area contributed by atoms with E-state index in [-0.39, 0.29) is 0 Å². The van der Waals surface area contributed by atoms with Crippen LogP contribution in [-0.2, 0) is 6.54 Å². The lowest BCUT2D eigenvalue weighted by Gasteiger charge is -2.21. The second kappa shape index (κ2) is 7.59. The average molecular weight is 268 g/mol. The van der Waals surface area contributed by atoms with Crippen molar-refractivity contribution in [3.05, 3.63) is 17.7 Å². The van der Waals surface area contributed by atoms with Gasteiger partial charge in [0.25, 0.3) is 0 Å². The molecule has 2 N–H and O–H groups in total. The van der Waals surface area contributed by atoms with Gasteiger partial charge in [0.1, 0.15) is 5.82 Å². The molecular formula is C13H24N4S. The molecule has 0 unspecified atom stereocenters. The van der Waals surface area contributed by atoms with Crippen LogP contribution in [0.2, 0.25) is 0 Å². The molecular weight excluding hydrogens is 244 g/mol. The lowest BCUT2D eigenvalue weighted by atomic mass is 10.2. The summed E-state index contributed by atoms with van der Waals surface area (Å²) in [6.45, 7) is 5.66. The molecule has 0 radical (unpaired) electrons. The van der Waals surface area contributed by atoms with Gasteiger partial charge in [-0.15, -0.1) is 0 Å². The van der Waals surface area contributed by atoms with Crippen molar-refractivity contribution in [2.75, 3.05) is 30.5 Å². The van der Waals surface area contributed by atoms with E-state index >= 15 is 0 Å².